The van der Waals surface area contributed by atoms with Crippen LogP contribution in [0.3, 0.4) is 0 Å². The molecule has 0 N–H and O–H groups in total. The molecule has 0 spiro atoms. The highest BCUT2D eigenvalue weighted by Crippen LogP contribution is 2.35. The Morgan fingerprint density at radius 2 is 1.84 bits per heavy atom. The monoisotopic (exact) mass is 266 g/mol. The molecule has 19 heavy (non-hydrogen) atoms. The standard InChI is InChI=1S/C12H16N2O3.C2H6/c1-9-10(14-6-5-13-9)12(11(15)16-2)3-7-17-8-4-12;1-2/h5-6H,3-4,7-8H2,1-2H3;1-2H3. The number of aryl methyl sites for hydroxylation is 1. The Kier molecular flexibility index (Phi) is 5.89. The van der Waals surface area contributed by atoms with Gasteiger partial charge in [0.2, 0.25) is 0 Å². The molecular formula is C14H22N2O3. The fraction of sp³-hybridized carbons (Fsp3) is 0.643. The number of rotatable bonds is 2. The van der Waals surface area contributed by atoms with Gasteiger partial charge in [-0.05, 0) is 19.8 Å². The molecule has 2 heterocycles. The molecule has 0 saturated carbocycles. The Balaban J connectivity index is 0.000000861. The van der Waals surface area contributed by atoms with Crippen LogP contribution in [0.2, 0.25) is 0 Å². The van der Waals surface area contributed by atoms with Gasteiger partial charge in [0.05, 0.1) is 18.5 Å². The first-order chi connectivity index (χ1) is 9.20. The zero-order chi connectivity index (χ0) is 14.3. The van der Waals surface area contributed by atoms with Crippen molar-refractivity contribution >= 4 is 5.97 Å². The van der Waals surface area contributed by atoms with Crippen molar-refractivity contribution in [2.45, 2.75) is 39.0 Å². The zero-order valence-electron chi connectivity index (χ0n) is 12.1. The van der Waals surface area contributed by atoms with E-state index in [1.54, 1.807) is 12.4 Å². The highest BCUT2D eigenvalue weighted by Gasteiger charge is 2.45. The first-order valence-electron chi connectivity index (χ1n) is 6.65. The number of carbonyl (C=O) groups is 1. The summed E-state index contributed by atoms with van der Waals surface area (Å²) in [6.45, 7) is 6.96. The Morgan fingerprint density at radius 1 is 1.26 bits per heavy atom. The fourth-order valence-corrected chi connectivity index (χ4v) is 2.33. The number of methoxy groups -OCH3 is 1. The lowest BCUT2D eigenvalue weighted by Crippen LogP contribution is -2.43. The SMILES string of the molecule is CC.COC(=O)C1(c2nccnc2C)CCOCC1. The summed E-state index contributed by atoms with van der Waals surface area (Å²) < 4.78 is 10.3. The van der Waals surface area contributed by atoms with Crippen LogP contribution in [-0.4, -0.2) is 36.3 Å². The van der Waals surface area contributed by atoms with E-state index in [2.05, 4.69) is 9.97 Å². The lowest BCUT2D eigenvalue weighted by Gasteiger charge is -2.34. The molecule has 2 rings (SSSR count). The normalized spacial score (nSPS) is 17.1. The highest BCUT2D eigenvalue weighted by atomic mass is 16.5. The number of hydrogen-bond donors (Lipinski definition) is 0. The van der Waals surface area contributed by atoms with Gasteiger partial charge in [0.25, 0.3) is 0 Å². The van der Waals surface area contributed by atoms with E-state index in [4.69, 9.17) is 9.47 Å². The smallest absolute Gasteiger partial charge is 0.318 e. The summed E-state index contributed by atoms with van der Waals surface area (Å²) in [4.78, 5) is 20.6. The summed E-state index contributed by atoms with van der Waals surface area (Å²) in [5, 5.41) is 0. The van der Waals surface area contributed by atoms with Gasteiger partial charge >= 0.3 is 5.97 Å². The van der Waals surface area contributed by atoms with E-state index < -0.39 is 5.41 Å². The summed E-state index contributed by atoms with van der Waals surface area (Å²) in [6, 6.07) is 0. The molecule has 5 heteroatoms. The van der Waals surface area contributed by atoms with Crippen molar-refractivity contribution in [3.63, 3.8) is 0 Å². The van der Waals surface area contributed by atoms with Gasteiger partial charge in [0, 0.05) is 25.6 Å². The zero-order valence-corrected chi connectivity index (χ0v) is 12.1. The van der Waals surface area contributed by atoms with Gasteiger partial charge in [-0.2, -0.15) is 0 Å². The molecule has 0 radical (unpaired) electrons. The Morgan fingerprint density at radius 3 is 2.37 bits per heavy atom. The Labute approximate surface area is 114 Å². The molecule has 106 valence electrons. The van der Waals surface area contributed by atoms with E-state index in [9.17, 15) is 4.79 Å². The summed E-state index contributed by atoms with van der Waals surface area (Å²) >= 11 is 0. The Bertz CT molecular complexity index is 415. The van der Waals surface area contributed by atoms with E-state index in [1.807, 2.05) is 20.8 Å². The van der Waals surface area contributed by atoms with Gasteiger partial charge in [0.15, 0.2) is 0 Å². The molecule has 0 atom stereocenters. The van der Waals surface area contributed by atoms with Crippen LogP contribution in [0, 0.1) is 6.92 Å². The topological polar surface area (TPSA) is 61.3 Å². The van der Waals surface area contributed by atoms with Gasteiger partial charge in [-0.25, -0.2) is 0 Å². The number of ether oxygens (including phenoxy) is 2. The van der Waals surface area contributed by atoms with Crippen molar-refractivity contribution in [2.24, 2.45) is 0 Å². The van der Waals surface area contributed by atoms with Crippen LogP contribution in [0.1, 0.15) is 38.1 Å². The molecule has 1 aliphatic heterocycles. The van der Waals surface area contributed by atoms with Crippen LogP contribution in [0.15, 0.2) is 12.4 Å². The molecule has 1 aromatic heterocycles. The largest absolute Gasteiger partial charge is 0.468 e. The molecule has 0 aliphatic carbocycles. The van der Waals surface area contributed by atoms with Gasteiger partial charge in [0.1, 0.15) is 5.41 Å². The van der Waals surface area contributed by atoms with Crippen molar-refractivity contribution in [3.05, 3.63) is 23.8 Å². The number of hydrogen-bond acceptors (Lipinski definition) is 5. The van der Waals surface area contributed by atoms with Crippen LogP contribution in [-0.2, 0) is 19.7 Å². The maximum Gasteiger partial charge on any atom is 0.318 e. The van der Waals surface area contributed by atoms with Crippen LogP contribution in [0.5, 0.6) is 0 Å². The fourth-order valence-electron chi connectivity index (χ4n) is 2.33. The van der Waals surface area contributed by atoms with E-state index in [0.717, 1.165) is 11.4 Å². The number of esters is 1. The van der Waals surface area contributed by atoms with Crippen molar-refractivity contribution in [1.82, 2.24) is 9.97 Å². The van der Waals surface area contributed by atoms with Gasteiger partial charge < -0.3 is 9.47 Å². The molecule has 0 aromatic carbocycles. The minimum absolute atomic E-state index is 0.246. The van der Waals surface area contributed by atoms with E-state index in [0.29, 0.717) is 26.1 Å². The van der Waals surface area contributed by atoms with Crippen LogP contribution >= 0.6 is 0 Å². The van der Waals surface area contributed by atoms with Gasteiger partial charge in [-0.3, -0.25) is 14.8 Å². The van der Waals surface area contributed by atoms with E-state index in [-0.39, 0.29) is 5.97 Å². The first kappa shape index (κ1) is 15.6. The minimum Gasteiger partial charge on any atom is -0.468 e. The van der Waals surface area contributed by atoms with Crippen molar-refractivity contribution in [3.8, 4) is 0 Å². The van der Waals surface area contributed by atoms with Crippen LogP contribution < -0.4 is 0 Å². The molecule has 0 unspecified atom stereocenters. The van der Waals surface area contributed by atoms with Crippen molar-refractivity contribution < 1.29 is 14.3 Å². The third-order valence-electron chi connectivity index (χ3n) is 3.26. The summed E-state index contributed by atoms with van der Waals surface area (Å²) in [5.41, 5.74) is 0.806. The second-order valence-electron chi connectivity index (χ2n) is 4.18. The maximum atomic E-state index is 12.1. The molecule has 1 aromatic rings. The molecule has 0 bridgehead atoms. The van der Waals surface area contributed by atoms with Crippen LogP contribution in [0.4, 0.5) is 0 Å². The Hall–Kier alpha value is -1.49. The second-order valence-corrected chi connectivity index (χ2v) is 4.18. The quantitative estimate of drug-likeness (QED) is 0.766. The molecule has 0 amide bonds. The lowest BCUT2D eigenvalue weighted by molar-refractivity contribution is -0.151. The van der Waals surface area contributed by atoms with Crippen molar-refractivity contribution in [2.75, 3.05) is 20.3 Å². The molecular weight excluding hydrogens is 244 g/mol. The molecule has 1 aliphatic rings. The molecule has 1 saturated heterocycles. The second kappa shape index (κ2) is 7.19. The highest BCUT2D eigenvalue weighted by molar-refractivity contribution is 5.83. The summed E-state index contributed by atoms with van der Waals surface area (Å²) in [6.07, 6.45) is 4.43. The summed E-state index contributed by atoms with van der Waals surface area (Å²) in [7, 11) is 1.41. The minimum atomic E-state index is -0.689. The lowest BCUT2D eigenvalue weighted by atomic mass is 9.76. The summed E-state index contributed by atoms with van der Waals surface area (Å²) in [5.74, 6) is -0.246. The van der Waals surface area contributed by atoms with Crippen LogP contribution in [0.25, 0.3) is 0 Å². The average Bonchev–Trinajstić information content (AvgIpc) is 2.49. The predicted octanol–water partition coefficient (Wildman–Crippen LogP) is 2.03. The number of carbonyl (C=O) groups excluding carboxylic acids is 1. The first-order valence-corrected chi connectivity index (χ1v) is 6.65. The number of nitrogens with zero attached hydrogens (tertiary/aromatic N) is 2. The third-order valence-corrected chi connectivity index (χ3v) is 3.26. The number of aromatic nitrogens is 2. The van der Waals surface area contributed by atoms with E-state index >= 15 is 0 Å². The van der Waals surface area contributed by atoms with Gasteiger partial charge in [-0.1, -0.05) is 13.8 Å². The molecule has 1 fully saturated rings. The average molecular weight is 266 g/mol. The van der Waals surface area contributed by atoms with E-state index in [1.165, 1.54) is 7.11 Å². The predicted molar refractivity (Wildman–Crippen MR) is 71.9 cm³/mol. The molecule has 5 nitrogen and oxygen atoms in total. The third kappa shape index (κ3) is 3.10. The van der Waals surface area contributed by atoms with Gasteiger partial charge in [-0.15, -0.1) is 0 Å². The maximum absolute atomic E-state index is 12.1. The van der Waals surface area contributed by atoms with Crippen molar-refractivity contribution in [1.29, 1.82) is 0 Å².